The third-order valence-corrected chi connectivity index (χ3v) is 5.44. The van der Waals surface area contributed by atoms with Crippen LogP contribution in [0, 0.1) is 6.92 Å². The summed E-state index contributed by atoms with van der Waals surface area (Å²) < 4.78 is 8.10. The van der Waals surface area contributed by atoms with E-state index in [2.05, 4.69) is 38.0 Å². The third kappa shape index (κ3) is 4.63. The molecule has 27 heavy (non-hydrogen) atoms. The number of carbonyl (C=O) groups excluding carboxylic acids is 1. The fourth-order valence-electron chi connectivity index (χ4n) is 2.41. The lowest BCUT2D eigenvalue weighted by atomic mass is 10.2. The van der Waals surface area contributed by atoms with Gasteiger partial charge < -0.3 is 9.73 Å². The van der Waals surface area contributed by atoms with Crippen molar-refractivity contribution in [1.82, 2.24) is 14.8 Å². The molecule has 6 nitrogen and oxygen atoms in total. The maximum absolute atomic E-state index is 12.3. The van der Waals surface area contributed by atoms with Crippen molar-refractivity contribution in [3.63, 3.8) is 0 Å². The molecule has 0 aliphatic heterocycles. The second-order valence-corrected chi connectivity index (χ2v) is 7.82. The maximum atomic E-state index is 12.3. The van der Waals surface area contributed by atoms with Crippen LogP contribution in [0.1, 0.15) is 5.76 Å². The number of amides is 1. The summed E-state index contributed by atoms with van der Waals surface area (Å²) in [4.78, 5) is 12.3. The van der Waals surface area contributed by atoms with Gasteiger partial charge in [0.15, 0.2) is 11.0 Å². The number of allylic oxidation sites excluding steroid dienone is 1. The minimum atomic E-state index is -0.182. The predicted molar refractivity (Wildman–Crippen MR) is 111 cm³/mol. The molecule has 0 saturated carbocycles. The molecule has 140 valence electrons. The Kier molecular flexibility index (Phi) is 6.41. The molecule has 2 aromatic heterocycles. The van der Waals surface area contributed by atoms with Gasteiger partial charge in [-0.1, -0.05) is 45.4 Å². The van der Waals surface area contributed by atoms with Crippen molar-refractivity contribution in [3.05, 3.63) is 58.4 Å². The number of aromatic nitrogens is 3. The minimum absolute atomic E-state index is 0.173. The molecule has 0 spiro atoms. The Labute approximate surface area is 174 Å². The maximum Gasteiger partial charge on any atom is 0.234 e. The summed E-state index contributed by atoms with van der Waals surface area (Å²) in [6.07, 6.45) is 3.37. The lowest BCUT2D eigenvalue weighted by Crippen LogP contribution is -2.15. The van der Waals surface area contributed by atoms with Gasteiger partial charge in [0, 0.05) is 11.0 Å². The number of hydrogen-bond donors (Lipinski definition) is 1. The summed E-state index contributed by atoms with van der Waals surface area (Å²) in [5.74, 6) is 1.43. The largest absolute Gasteiger partial charge is 0.469 e. The average Bonchev–Trinajstić information content (AvgIpc) is 3.22. The van der Waals surface area contributed by atoms with Crippen LogP contribution in [0.25, 0.3) is 11.4 Å². The molecule has 0 fully saturated rings. The molecule has 0 saturated heterocycles. The summed E-state index contributed by atoms with van der Waals surface area (Å²) in [7, 11) is 0. The van der Waals surface area contributed by atoms with E-state index in [0.717, 1.165) is 15.8 Å². The molecule has 1 amide bonds. The van der Waals surface area contributed by atoms with Gasteiger partial charge in [0.1, 0.15) is 5.76 Å². The number of nitrogens with zero attached hydrogens (tertiary/aromatic N) is 3. The van der Waals surface area contributed by atoms with E-state index in [1.165, 1.54) is 11.8 Å². The Morgan fingerprint density at radius 2 is 2.26 bits per heavy atom. The van der Waals surface area contributed by atoms with Crippen LogP contribution in [0.3, 0.4) is 0 Å². The number of hydrogen-bond acceptors (Lipinski definition) is 5. The molecule has 0 aliphatic carbocycles. The van der Waals surface area contributed by atoms with Crippen LogP contribution < -0.4 is 5.32 Å². The summed E-state index contributed by atoms with van der Waals surface area (Å²) in [5, 5.41) is 12.4. The van der Waals surface area contributed by atoms with Gasteiger partial charge in [0.25, 0.3) is 0 Å². The SMILES string of the molecule is C=CCn1c(SCC(=O)Nc2ccc(Br)cc2Cl)nnc1-c1ccoc1C. The van der Waals surface area contributed by atoms with E-state index in [0.29, 0.717) is 28.2 Å². The van der Waals surface area contributed by atoms with Gasteiger partial charge in [-0.2, -0.15) is 0 Å². The molecule has 1 N–H and O–H groups in total. The first kappa shape index (κ1) is 19.7. The molecule has 0 atom stereocenters. The Bertz CT molecular complexity index is 986. The number of carbonyl (C=O) groups is 1. The molecular weight excluding hydrogens is 452 g/mol. The number of furan rings is 1. The normalized spacial score (nSPS) is 10.8. The van der Waals surface area contributed by atoms with Crippen LogP contribution in [0.15, 0.2) is 57.2 Å². The Morgan fingerprint density at radius 3 is 2.93 bits per heavy atom. The first-order valence-electron chi connectivity index (χ1n) is 7.96. The zero-order valence-corrected chi connectivity index (χ0v) is 17.6. The van der Waals surface area contributed by atoms with Crippen LogP contribution in [0.5, 0.6) is 0 Å². The number of nitrogens with one attached hydrogen (secondary N) is 1. The molecule has 9 heteroatoms. The Balaban J connectivity index is 1.72. The van der Waals surface area contributed by atoms with E-state index in [4.69, 9.17) is 16.0 Å². The van der Waals surface area contributed by atoms with Gasteiger partial charge in [-0.25, -0.2) is 0 Å². The predicted octanol–water partition coefficient (Wildman–Crippen LogP) is 5.18. The van der Waals surface area contributed by atoms with E-state index in [1.807, 2.05) is 23.6 Å². The van der Waals surface area contributed by atoms with Gasteiger partial charge in [-0.15, -0.1) is 16.8 Å². The van der Waals surface area contributed by atoms with E-state index < -0.39 is 0 Å². The molecule has 3 rings (SSSR count). The fraction of sp³-hybridized carbons (Fsp3) is 0.167. The minimum Gasteiger partial charge on any atom is -0.469 e. The average molecular weight is 468 g/mol. The molecule has 3 aromatic rings. The number of thioether (sulfide) groups is 1. The highest BCUT2D eigenvalue weighted by Gasteiger charge is 2.17. The molecule has 0 bridgehead atoms. The monoisotopic (exact) mass is 466 g/mol. The van der Waals surface area contributed by atoms with Crippen molar-refractivity contribution in [1.29, 1.82) is 0 Å². The first-order chi connectivity index (χ1) is 13.0. The molecule has 0 unspecified atom stereocenters. The van der Waals surface area contributed by atoms with Gasteiger partial charge >= 0.3 is 0 Å². The summed E-state index contributed by atoms with van der Waals surface area (Å²) >= 11 is 10.8. The zero-order chi connectivity index (χ0) is 19.4. The lowest BCUT2D eigenvalue weighted by Gasteiger charge is -2.09. The van der Waals surface area contributed by atoms with Crippen molar-refractivity contribution in [2.24, 2.45) is 0 Å². The van der Waals surface area contributed by atoms with Crippen LogP contribution in [0.2, 0.25) is 5.02 Å². The highest BCUT2D eigenvalue weighted by molar-refractivity contribution is 9.10. The lowest BCUT2D eigenvalue weighted by molar-refractivity contribution is -0.113. The number of halogens is 2. The van der Waals surface area contributed by atoms with Crippen molar-refractivity contribution < 1.29 is 9.21 Å². The van der Waals surface area contributed by atoms with E-state index in [9.17, 15) is 4.79 Å². The second-order valence-electron chi connectivity index (χ2n) is 5.56. The van der Waals surface area contributed by atoms with Gasteiger partial charge in [-0.3, -0.25) is 9.36 Å². The molecule has 0 aliphatic rings. The van der Waals surface area contributed by atoms with E-state index in [-0.39, 0.29) is 11.7 Å². The quantitative estimate of drug-likeness (QED) is 0.383. The van der Waals surface area contributed by atoms with Gasteiger partial charge in [0.05, 0.1) is 28.3 Å². The van der Waals surface area contributed by atoms with Crippen molar-refractivity contribution >= 4 is 50.9 Å². The van der Waals surface area contributed by atoms with Crippen molar-refractivity contribution in [3.8, 4) is 11.4 Å². The topological polar surface area (TPSA) is 73.0 Å². The van der Waals surface area contributed by atoms with Gasteiger partial charge in [-0.05, 0) is 31.2 Å². The Hall–Kier alpha value is -2.03. The summed E-state index contributed by atoms with van der Waals surface area (Å²) in [6, 6.07) is 7.13. The highest BCUT2D eigenvalue weighted by Crippen LogP contribution is 2.28. The number of anilines is 1. The van der Waals surface area contributed by atoms with Gasteiger partial charge in [0.2, 0.25) is 5.91 Å². The smallest absolute Gasteiger partial charge is 0.234 e. The molecule has 2 heterocycles. The number of benzene rings is 1. The van der Waals surface area contributed by atoms with Crippen molar-refractivity contribution in [2.45, 2.75) is 18.6 Å². The van der Waals surface area contributed by atoms with E-state index in [1.54, 1.807) is 24.5 Å². The van der Waals surface area contributed by atoms with Crippen LogP contribution in [0.4, 0.5) is 5.69 Å². The van der Waals surface area contributed by atoms with Crippen molar-refractivity contribution in [2.75, 3.05) is 11.1 Å². The fourth-order valence-corrected chi connectivity index (χ4v) is 3.88. The molecular formula is C18H16BrClN4O2S. The van der Waals surface area contributed by atoms with Crippen LogP contribution in [-0.2, 0) is 11.3 Å². The first-order valence-corrected chi connectivity index (χ1v) is 10.1. The van der Waals surface area contributed by atoms with Crippen LogP contribution in [-0.4, -0.2) is 26.4 Å². The molecule has 1 aromatic carbocycles. The highest BCUT2D eigenvalue weighted by atomic mass is 79.9. The van der Waals surface area contributed by atoms with Crippen LogP contribution >= 0.6 is 39.3 Å². The number of aryl methyl sites for hydroxylation is 1. The summed E-state index contributed by atoms with van der Waals surface area (Å²) in [5.41, 5.74) is 1.43. The summed E-state index contributed by atoms with van der Waals surface area (Å²) in [6.45, 7) is 6.17. The zero-order valence-electron chi connectivity index (χ0n) is 14.4. The molecule has 0 radical (unpaired) electrons. The second kappa shape index (κ2) is 8.77. The Morgan fingerprint density at radius 1 is 1.44 bits per heavy atom. The van der Waals surface area contributed by atoms with E-state index >= 15 is 0 Å². The number of rotatable bonds is 7. The standard InChI is InChI=1S/C18H16BrClN4O2S/c1-3-7-24-17(13-6-8-26-11(13)2)22-23-18(24)27-10-16(25)21-15-5-4-12(19)9-14(15)20/h3-6,8-9H,1,7,10H2,2H3,(H,21,25). The third-order valence-electron chi connectivity index (χ3n) is 3.67.